The van der Waals surface area contributed by atoms with Gasteiger partial charge in [0, 0.05) is 35.7 Å². The number of aryl methyl sites for hydroxylation is 1. The zero-order chi connectivity index (χ0) is 21.7. The number of nitrogens with zero attached hydrogens (tertiary/aromatic N) is 1. The third kappa shape index (κ3) is 5.97. The fourth-order valence-corrected chi connectivity index (χ4v) is 3.16. The molecule has 0 radical (unpaired) electrons. The number of amides is 2. The Balaban J connectivity index is 1.66. The van der Waals surface area contributed by atoms with Crippen LogP contribution in [0.2, 0.25) is 0 Å². The highest BCUT2D eigenvalue weighted by atomic mass is 16.6. The Bertz CT molecular complexity index is 915. The number of carbonyl (C=O) groups is 2. The van der Waals surface area contributed by atoms with Crippen LogP contribution >= 0.6 is 0 Å². The molecule has 0 aromatic heterocycles. The van der Waals surface area contributed by atoms with Gasteiger partial charge in [0.05, 0.1) is 13.2 Å². The first kappa shape index (κ1) is 21.6. The van der Waals surface area contributed by atoms with Crippen molar-refractivity contribution in [3.05, 3.63) is 53.6 Å². The molecular formula is C23H29N3O4. The topological polar surface area (TPSA) is 79.9 Å². The first-order valence-corrected chi connectivity index (χ1v) is 10.1. The number of ether oxygens (including phenoxy) is 2. The lowest BCUT2D eigenvalue weighted by Gasteiger charge is -2.29. The van der Waals surface area contributed by atoms with Crippen molar-refractivity contribution in [1.29, 1.82) is 0 Å². The third-order valence-electron chi connectivity index (χ3n) is 4.60. The molecule has 0 atom stereocenters. The second-order valence-corrected chi connectivity index (χ2v) is 8.26. The van der Waals surface area contributed by atoms with E-state index in [1.165, 1.54) is 0 Å². The Labute approximate surface area is 177 Å². The predicted octanol–water partition coefficient (Wildman–Crippen LogP) is 4.43. The molecule has 1 heterocycles. The Morgan fingerprint density at radius 1 is 1.03 bits per heavy atom. The van der Waals surface area contributed by atoms with Crippen LogP contribution in [0.3, 0.4) is 0 Å². The lowest BCUT2D eigenvalue weighted by molar-refractivity contribution is 0.0635. The molecular weight excluding hydrogens is 382 g/mol. The number of hydrogen-bond acceptors (Lipinski definition) is 5. The van der Waals surface area contributed by atoms with E-state index in [-0.39, 0.29) is 5.91 Å². The van der Waals surface area contributed by atoms with Crippen LogP contribution in [0.4, 0.5) is 21.9 Å². The normalized spacial score (nSPS) is 14.2. The molecule has 2 aromatic carbocycles. The van der Waals surface area contributed by atoms with Gasteiger partial charge < -0.3 is 19.7 Å². The average molecular weight is 412 g/mol. The largest absolute Gasteiger partial charge is 0.444 e. The van der Waals surface area contributed by atoms with Gasteiger partial charge in [-0.1, -0.05) is 6.07 Å². The summed E-state index contributed by atoms with van der Waals surface area (Å²) in [7, 11) is 0. The molecule has 160 valence electrons. The standard InChI is InChI=1S/C23H29N3O4/c1-16-14-19(26-10-12-29-13-11-26)8-9-20(16)25-21(27)17-6-5-7-18(15-17)24-22(28)30-23(2,3)4/h5-9,14-15H,10-13H2,1-4H3,(H,24,28)(H,25,27). The molecule has 2 N–H and O–H groups in total. The van der Waals surface area contributed by atoms with E-state index in [2.05, 4.69) is 21.6 Å². The van der Waals surface area contributed by atoms with Crippen LogP contribution in [0.15, 0.2) is 42.5 Å². The van der Waals surface area contributed by atoms with Crippen LogP contribution in [-0.4, -0.2) is 43.9 Å². The Kier molecular flexibility index (Phi) is 6.62. The van der Waals surface area contributed by atoms with Gasteiger partial charge in [-0.3, -0.25) is 10.1 Å². The van der Waals surface area contributed by atoms with Gasteiger partial charge in [-0.2, -0.15) is 0 Å². The van der Waals surface area contributed by atoms with Crippen LogP contribution in [0.25, 0.3) is 0 Å². The second kappa shape index (κ2) is 9.17. The molecule has 0 saturated carbocycles. The van der Waals surface area contributed by atoms with E-state index in [1.807, 2.05) is 19.1 Å². The SMILES string of the molecule is Cc1cc(N2CCOCC2)ccc1NC(=O)c1cccc(NC(=O)OC(C)(C)C)c1. The van der Waals surface area contributed by atoms with Gasteiger partial charge >= 0.3 is 6.09 Å². The van der Waals surface area contributed by atoms with Gasteiger partial charge in [0.2, 0.25) is 0 Å². The van der Waals surface area contributed by atoms with E-state index < -0.39 is 11.7 Å². The number of benzene rings is 2. The summed E-state index contributed by atoms with van der Waals surface area (Å²) in [5.41, 5.74) is 3.20. The summed E-state index contributed by atoms with van der Waals surface area (Å²) in [4.78, 5) is 27.0. The van der Waals surface area contributed by atoms with E-state index in [9.17, 15) is 9.59 Å². The summed E-state index contributed by atoms with van der Waals surface area (Å²) >= 11 is 0. The Morgan fingerprint density at radius 3 is 2.43 bits per heavy atom. The molecule has 0 unspecified atom stereocenters. The third-order valence-corrected chi connectivity index (χ3v) is 4.60. The van der Waals surface area contributed by atoms with Crippen molar-refractivity contribution >= 4 is 29.1 Å². The maximum absolute atomic E-state index is 12.7. The van der Waals surface area contributed by atoms with Crippen molar-refractivity contribution in [2.45, 2.75) is 33.3 Å². The van der Waals surface area contributed by atoms with Gasteiger partial charge in [-0.05, 0) is 69.7 Å². The Morgan fingerprint density at radius 2 is 1.77 bits per heavy atom. The predicted molar refractivity (Wildman–Crippen MR) is 118 cm³/mol. The maximum atomic E-state index is 12.7. The zero-order valence-electron chi connectivity index (χ0n) is 18.0. The van der Waals surface area contributed by atoms with Gasteiger partial charge in [-0.25, -0.2) is 4.79 Å². The molecule has 1 aliphatic heterocycles. The molecule has 0 spiro atoms. The minimum Gasteiger partial charge on any atom is -0.444 e. The lowest BCUT2D eigenvalue weighted by Crippen LogP contribution is -2.36. The minimum absolute atomic E-state index is 0.245. The van der Waals surface area contributed by atoms with Crippen molar-refractivity contribution < 1.29 is 19.1 Å². The molecule has 1 saturated heterocycles. The van der Waals surface area contributed by atoms with Crippen LogP contribution < -0.4 is 15.5 Å². The molecule has 0 bridgehead atoms. The molecule has 30 heavy (non-hydrogen) atoms. The van der Waals surface area contributed by atoms with Crippen molar-refractivity contribution in [3.8, 4) is 0 Å². The molecule has 2 aromatic rings. The number of nitrogens with one attached hydrogen (secondary N) is 2. The smallest absolute Gasteiger partial charge is 0.412 e. The van der Waals surface area contributed by atoms with Gasteiger partial charge in [0.15, 0.2) is 0 Å². The molecule has 0 aliphatic carbocycles. The lowest BCUT2D eigenvalue weighted by atomic mass is 10.1. The van der Waals surface area contributed by atoms with E-state index in [0.29, 0.717) is 11.3 Å². The van der Waals surface area contributed by atoms with E-state index in [1.54, 1.807) is 45.0 Å². The van der Waals surface area contributed by atoms with Crippen molar-refractivity contribution in [3.63, 3.8) is 0 Å². The van der Waals surface area contributed by atoms with Crippen LogP contribution in [0.5, 0.6) is 0 Å². The highest BCUT2D eigenvalue weighted by Crippen LogP contribution is 2.24. The van der Waals surface area contributed by atoms with E-state index in [0.717, 1.165) is 43.2 Å². The number of anilines is 3. The molecule has 3 rings (SSSR count). The number of hydrogen-bond donors (Lipinski definition) is 2. The fraction of sp³-hybridized carbons (Fsp3) is 0.391. The van der Waals surface area contributed by atoms with Crippen LogP contribution in [0.1, 0.15) is 36.7 Å². The summed E-state index contributed by atoms with van der Waals surface area (Å²) in [5.74, 6) is -0.245. The highest BCUT2D eigenvalue weighted by Gasteiger charge is 2.17. The molecule has 7 nitrogen and oxygen atoms in total. The zero-order valence-corrected chi connectivity index (χ0v) is 18.0. The molecule has 7 heteroatoms. The number of carbonyl (C=O) groups excluding carboxylic acids is 2. The number of morpholine rings is 1. The Hall–Kier alpha value is -3.06. The first-order chi connectivity index (χ1) is 14.2. The second-order valence-electron chi connectivity index (χ2n) is 8.26. The minimum atomic E-state index is -0.593. The molecule has 2 amide bonds. The highest BCUT2D eigenvalue weighted by molar-refractivity contribution is 6.05. The van der Waals surface area contributed by atoms with Crippen molar-refractivity contribution in [2.75, 3.05) is 41.8 Å². The van der Waals surface area contributed by atoms with Crippen LogP contribution in [0, 0.1) is 6.92 Å². The summed E-state index contributed by atoms with van der Waals surface area (Å²) in [6.07, 6.45) is -0.561. The quantitative estimate of drug-likeness (QED) is 0.778. The van der Waals surface area contributed by atoms with E-state index >= 15 is 0 Å². The fourth-order valence-electron chi connectivity index (χ4n) is 3.16. The average Bonchev–Trinajstić information content (AvgIpc) is 2.69. The van der Waals surface area contributed by atoms with Crippen molar-refractivity contribution in [2.24, 2.45) is 0 Å². The van der Waals surface area contributed by atoms with Gasteiger partial charge in [0.25, 0.3) is 5.91 Å². The summed E-state index contributed by atoms with van der Waals surface area (Å²) in [6, 6.07) is 12.7. The first-order valence-electron chi connectivity index (χ1n) is 10.1. The van der Waals surface area contributed by atoms with Gasteiger partial charge in [0.1, 0.15) is 5.60 Å². The molecule has 1 aliphatic rings. The maximum Gasteiger partial charge on any atom is 0.412 e. The summed E-state index contributed by atoms with van der Waals surface area (Å²) in [5, 5.41) is 5.61. The summed E-state index contributed by atoms with van der Waals surface area (Å²) in [6.45, 7) is 10.5. The van der Waals surface area contributed by atoms with E-state index in [4.69, 9.17) is 9.47 Å². The monoisotopic (exact) mass is 411 g/mol. The molecule has 1 fully saturated rings. The van der Waals surface area contributed by atoms with Gasteiger partial charge in [-0.15, -0.1) is 0 Å². The summed E-state index contributed by atoms with van der Waals surface area (Å²) < 4.78 is 10.7. The van der Waals surface area contributed by atoms with Crippen molar-refractivity contribution in [1.82, 2.24) is 0 Å². The number of rotatable bonds is 4. The van der Waals surface area contributed by atoms with Crippen LogP contribution in [-0.2, 0) is 9.47 Å².